The van der Waals surface area contributed by atoms with E-state index in [-0.39, 0.29) is 41.8 Å². The standard InChI is InChI=1S/C19H35N3O3S.HI/c1-14-8-15(2)10-17(9-14)22-19(21-12-18-4-3-6-25-18)20-11-16-5-7-26(23,24)13-16;/h14-18H,3-13H2,1-2H3,(H2,20,21,22);1H. The van der Waals surface area contributed by atoms with Gasteiger partial charge in [-0.25, -0.2) is 8.42 Å². The summed E-state index contributed by atoms with van der Waals surface area (Å²) in [5.74, 6) is 3.05. The first-order chi connectivity index (χ1) is 12.4. The summed E-state index contributed by atoms with van der Waals surface area (Å²) in [5, 5.41) is 7.07. The summed E-state index contributed by atoms with van der Waals surface area (Å²) in [7, 11) is -2.84. The Labute approximate surface area is 181 Å². The first-order valence-corrected chi connectivity index (χ1v) is 12.1. The fourth-order valence-corrected chi connectivity index (χ4v) is 6.51. The van der Waals surface area contributed by atoms with E-state index in [2.05, 4.69) is 24.5 Å². The summed E-state index contributed by atoms with van der Waals surface area (Å²) in [6.07, 6.45) is 6.86. The lowest BCUT2D eigenvalue weighted by atomic mass is 9.80. The molecule has 2 heterocycles. The van der Waals surface area contributed by atoms with Crippen LogP contribution in [0.1, 0.15) is 52.4 Å². The molecular formula is C19H36IN3O3S. The topological polar surface area (TPSA) is 79.8 Å². The van der Waals surface area contributed by atoms with Gasteiger partial charge in [-0.05, 0) is 56.3 Å². The van der Waals surface area contributed by atoms with Crippen molar-refractivity contribution in [3.8, 4) is 0 Å². The molecule has 0 aromatic heterocycles. The van der Waals surface area contributed by atoms with E-state index in [0.29, 0.717) is 18.3 Å². The molecule has 2 aliphatic heterocycles. The van der Waals surface area contributed by atoms with Crippen molar-refractivity contribution in [2.45, 2.75) is 64.5 Å². The molecule has 2 saturated heterocycles. The van der Waals surface area contributed by atoms with Crippen LogP contribution < -0.4 is 10.6 Å². The molecule has 4 unspecified atom stereocenters. The van der Waals surface area contributed by atoms with Crippen molar-refractivity contribution in [2.24, 2.45) is 22.7 Å². The van der Waals surface area contributed by atoms with Gasteiger partial charge in [0, 0.05) is 25.7 Å². The van der Waals surface area contributed by atoms with Crippen LogP contribution in [0.5, 0.6) is 0 Å². The number of rotatable bonds is 5. The number of hydrogen-bond donors (Lipinski definition) is 2. The summed E-state index contributed by atoms with van der Waals surface area (Å²) in [6.45, 7) is 6.85. The van der Waals surface area contributed by atoms with Crippen LogP contribution in [0.15, 0.2) is 4.99 Å². The molecule has 3 fully saturated rings. The van der Waals surface area contributed by atoms with Crippen LogP contribution in [0.2, 0.25) is 0 Å². The predicted octanol–water partition coefficient (Wildman–Crippen LogP) is 2.58. The molecule has 8 heteroatoms. The second-order valence-electron chi connectivity index (χ2n) is 8.73. The predicted molar refractivity (Wildman–Crippen MR) is 121 cm³/mol. The van der Waals surface area contributed by atoms with Crippen LogP contribution in [0, 0.1) is 17.8 Å². The van der Waals surface area contributed by atoms with E-state index in [1.807, 2.05) is 0 Å². The van der Waals surface area contributed by atoms with Crippen molar-refractivity contribution < 1.29 is 13.2 Å². The Morgan fingerprint density at radius 3 is 2.48 bits per heavy atom. The SMILES string of the molecule is CC1CC(C)CC(NC(=NCC2CCS(=O)(=O)C2)NCC2CCCO2)C1.I. The van der Waals surface area contributed by atoms with E-state index in [9.17, 15) is 8.42 Å². The lowest BCUT2D eigenvalue weighted by Crippen LogP contribution is -2.48. The van der Waals surface area contributed by atoms with Crippen LogP contribution in [0.3, 0.4) is 0 Å². The van der Waals surface area contributed by atoms with Crippen LogP contribution in [0.4, 0.5) is 0 Å². The minimum Gasteiger partial charge on any atom is -0.376 e. The number of hydrogen-bond acceptors (Lipinski definition) is 4. The van der Waals surface area contributed by atoms with Crippen LogP contribution in [-0.4, -0.2) is 57.7 Å². The molecule has 0 aromatic rings. The molecule has 6 nitrogen and oxygen atoms in total. The molecule has 0 aromatic carbocycles. The van der Waals surface area contributed by atoms with Crippen LogP contribution in [-0.2, 0) is 14.6 Å². The molecule has 158 valence electrons. The number of guanidine groups is 1. The normalized spacial score (nSPS) is 36.2. The van der Waals surface area contributed by atoms with Gasteiger partial charge < -0.3 is 15.4 Å². The van der Waals surface area contributed by atoms with E-state index in [0.717, 1.165) is 50.2 Å². The first-order valence-electron chi connectivity index (χ1n) is 10.3. The van der Waals surface area contributed by atoms with Gasteiger partial charge in [-0.2, -0.15) is 0 Å². The maximum atomic E-state index is 11.7. The van der Waals surface area contributed by atoms with E-state index in [1.165, 1.54) is 19.3 Å². The Morgan fingerprint density at radius 1 is 1.15 bits per heavy atom. The van der Waals surface area contributed by atoms with Crippen LogP contribution in [0.25, 0.3) is 0 Å². The molecule has 3 rings (SSSR count). The van der Waals surface area contributed by atoms with Gasteiger partial charge in [0.2, 0.25) is 0 Å². The second kappa shape index (κ2) is 10.6. The zero-order valence-corrected chi connectivity index (χ0v) is 19.8. The van der Waals surface area contributed by atoms with Gasteiger partial charge in [0.15, 0.2) is 15.8 Å². The Bertz CT molecular complexity index is 583. The number of nitrogens with zero attached hydrogens (tertiary/aromatic N) is 1. The first kappa shape index (κ1) is 23.2. The van der Waals surface area contributed by atoms with Gasteiger partial charge in [-0.15, -0.1) is 24.0 Å². The van der Waals surface area contributed by atoms with Crippen LogP contribution >= 0.6 is 24.0 Å². The molecule has 0 bridgehead atoms. The van der Waals surface area contributed by atoms with Gasteiger partial charge in [-0.3, -0.25) is 4.99 Å². The third-order valence-corrected chi connectivity index (χ3v) is 7.71. The Kier molecular flexibility index (Phi) is 9.12. The monoisotopic (exact) mass is 513 g/mol. The zero-order valence-electron chi connectivity index (χ0n) is 16.7. The van der Waals surface area contributed by atoms with Gasteiger partial charge >= 0.3 is 0 Å². The maximum Gasteiger partial charge on any atom is 0.191 e. The number of sulfone groups is 1. The third-order valence-electron chi connectivity index (χ3n) is 5.87. The minimum absolute atomic E-state index is 0. The van der Waals surface area contributed by atoms with Crippen molar-refractivity contribution >= 4 is 39.8 Å². The fourth-order valence-electron chi connectivity index (χ4n) is 4.66. The maximum absolute atomic E-state index is 11.7. The number of ether oxygens (including phenoxy) is 1. The molecule has 0 amide bonds. The Morgan fingerprint density at radius 2 is 1.89 bits per heavy atom. The summed E-state index contributed by atoms with van der Waals surface area (Å²) in [6, 6.07) is 0.441. The van der Waals surface area contributed by atoms with Crippen molar-refractivity contribution in [1.82, 2.24) is 10.6 Å². The quantitative estimate of drug-likeness (QED) is 0.336. The molecule has 1 aliphatic carbocycles. The van der Waals surface area contributed by atoms with E-state index in [1.54, 1.807) is 0 Å². The summed E-state index contributed by atoms with van der Waals surface area (Å²) in [5.41, 5.74) is 0. The molecule has 0 spiro atoms. The Hall–Kier alpha value is -0.0900. The highest BCUT2D eigenvalue weighted by molar-refractivity contribution is 14.0. The highest BCUT2D eigenvalue weighted by atomic mass is 127. The molecule has 0 radical (unpaired) electrons. The van der Waals surface area contributed by atoms with Gasteiger partial charge in [0.25, 0.3) is 0 Å². The number of aliphatic imine (C=N–C) groups is 1. The summed E-state index contributed by atoms with van der Waals surface area (Å²) < 4.78 is 29.1. The Balaban J connectivity index is 0.00000261. The smallest absolute Gasteiger partial charge is 0.191 e. The van der Waals surface area contributed by atoms with Gasteiger partial charge in [0.05, 0.1) is 17.6 Å². The summed E-state index contributed by atoms with van der Waals surface area (Å²) in [4.78, 5) is 4.75. The highest BCUT2D eigenvalue weighted by Gasteiger charge is 2.28. The number of halogens is 1. The van der Waals surface area contributed by atoms with E-state index >= 15 is 0 Å². The summed E-state index contributed by atoms with van der Waals surface area (Å²) >= 11 is 0. The molecule has 3 aliphatic rings. The van der Waals surface area contributed by atoms with Gasteiger partial charge in [-0.1, -0.05) is 13.8 Å². The average molecular weight is 513 g/mol. The molecule has 2 N–H and O–H groups in total. The molecule has 1 saturated carbocycles. The van der Waals surface area contributed by atoms with Crippen molar-refractivity contribution in [3.63, 3.8) is 0 Å². The largest absolute Gasteiger partial charge is 0.376 e. The molecule has 27 heavy (non-hydrogen) atoms. The minimum atomic E-state index is -2.84. The molecule has 4 atom stereocenters. The van der Waals surface area contributed by atoms with Gasteiger partial charge in [0.1, 0.15) is 0 Å². The lowest BCUT2D eigenvalue weighted by Gasteiger charge is -2.33. The highest BCUT2D eigenvalue weighted by Crippen LogP contribution is 2.28. The zero-order chi connectivity index (χ0) is 18.6. The number of nitrogens with one attached hydrogen (secondary N) is 2. The van der Waals surface area contributed by atoms with E-state index < -0.39 is 9.84 Å². The second-order valence-corrected chi connectivity index (χ2v) is 11.0. The van der Waals surface area contributed by atoms with Crippen molar-refractivity contribution in [1.29, 1.82) is 0 Å². The molecular weight excluding hydrogens is 477 g/mol. The lowest BCUT2D eigenvalue weighted by molar-refractivity contribution is 0.113. The average Bonchev–Trinajstić information content (AvgIpc) is 3.18. The van der Waals surface area contributed by atoms with Crippen molar-refractivity contribution in [2.75, 3.05) is 31.2 Å². The van der Waals surface area contributed by atoms with Crippen molar-refractivity contribution in [3.05, 3.63) is 0 Å². The van der Waals surface area contributed by atoms with E-state index in [4.69, 9.17) is 9.73 Å². The third kappa shape index (κ3) is 7.68. The fraction of sp³-hybridized carbons (Fsp3) is 0.947.